The molecule has 0 saturated carbocycles. The normalized spacial score (nSPS) is 17.5. The second kappa shape index (κ2) is 10.8. The van der Waals surface area contributed by atoms with Crippen LogP contribution in [0.4, 0.5) is 5.69 Å². The molecule has 0 radical (unpaired) electrons. The van der Waals surface area contributed by atoms with Gasteiger partial charge in [-0.25, -0.2) is 12.7 Å². The molecule has 0 bridgehead atoms. The minimum atomic E-state index is -3.65. The van der Waals surface area contributed by atoms with Crippen molar-refractivity contribution in [2.75, 3.05) is 18.4 Å². The summed E-state index contributed by atoms with van der Waals surface area (Å²) in [6.45, 7) is 2.70. The average Bonchev–Trinajstić information content (AvgIpc) is 2.76. The van der Waals surface area contributed by atoms with Crippen LogP contribution in [0.15, 0.2) is 42.5 Å². The van der Waals surface area contributed by atoms with Crippen LogP contribution in [0.2, 0.25) is 10.0 Å². The molecule has 8 heteroatoms. The lowest BCUT2D eigenvalue weighted by molar-refractivity contribution is -0.120. The van der Waals surface area contributed by atoms with E-state index >= 15 is 0 Å². The van der Waals surface area contributed by atoms with Gasteiger partial charge in [0.05, 0.1) is 11.7 Å². The summed E-state index contributed by atoms with van der Waals surface area (Å²) in [6.07, 6.45) is 4.58. The van der Waals surface area contributed by atoms with Crippen molar-refractivity contribution in [2.45, 2.75) is 44.8 Å². The van der Waals surface area contributed by atoms with Gasteiger partial charge in [-0.1, -0.05) is 54.7 Å². The number of sulfonamides is 1. The van der Waals surface area contributed by atoms with Crippen molar-refractivity contribution in [1.29, 1.82) is 0 Å². The number of aryl methyl sites for hydroxylation is 1. The lowest BCUT2D eigenvalue weighted by atomic mass is 9.98. The Labute approximate surface area is 194 Å². The summed E-state index contributed by atoms with van der Waals surface area (Å²) in [5.74, 6) is -0.832. The third kappa shape index (κ3) is 6.45. The Bertz CT molecular complexity index is 990. The Kier molecular flexibility index (Phi) is 8.39. The first-order valence-corrected chi connectivity index (χ1v) is 13.0. The van der Waals surface area contributed by atoms with Gasteiger partial charge < -0.3 is 5.32 Å². The molecule has 1 fully saturated rings. The first-order chi connectivity index (χ1) is 14.8. The zero-order valence-corrected chi connectivity index (χ0v) is 19.9. The van der Waals surface area contributed by atoms with E-state index < -0.39 is 15.9 Å². The fourth-order valence-electron chi connectivity index (χ4n) is 3.73. The van der Waals surface area contributed by atoms with Gasteiger partial charge in [0.1, 0.15) is 0 Å². The zero-order valence-electron chi connectivity index (χ0n) is 17.6. The Morgan fingerprint density at radius 3 is 2.45 bits per heavy atom. The average molecular weight is 483 g/mol. The molecule has 0 unspecified atom stereocenters. The van der Waals surface area contributed by atoms with Crippen LogP contribution in [0.5, 0.6) is 0 Å². The first kappa shape index (κ1) is 24.1. The predicted octanol–water partition coefficient (Wildman–Crippen LogP) is 5.52. The summed E-state index contributed by atoms with van der Waals surface area (Å²) in [6, 6.07) is 12.8. The van der Waals surface area contributed by atoms with E-state index in [1.807, 2.05) is 24.3 Å². The molecular formula is C23H28Cl2N2O3S. The fourth-order valence-corrected chi connectivity index (χ4v) is 6.10. The number of halogens is 2. The topological polar surface area (TPSA) is 66.5 Å². The van der Waals surface area contributed by atoms with Gasteiger partial charge in [-0.15, -0.1) is 0 Å². The van der Waals surface area contributed by atoms with Crippen molar-refractivity contribution in [3.63, 3.8) is 0 Å². The monoisotopic (exact) mass is 482 g/mol. The number of carbonyl (C=O) groups is 1. The molecule has 0 spiro atoms. The SMILES string of the molecule is CCCCc1ccc(NC(=O)[C@H]2CCCN(S(=O)(=O)Cc3c(Cl)cccc3Cl)C2)cc1. The summed E-state index contributed by atoms with van der Waals surface area (Å²) < 4.78 is 27.4. The van der Waals surface area contributed by atoms with E-state index in [1.54, 1.807) is 18.2 Å². The number of hydrogen-bond donors (Lipinski definition) is 1. The van der Waals surface area contributed by atoms with Crippen LogP contribution in [0.1, 0.15) is 43.7 Å². The van der Waals surface area contributed by atoms with E-state index in [1.165, 1.54) is 9.87 Å². The van der Waals surface area contributed by atoms with Gasteiger partial charge in [-0.2, -0.15) is 0 Å². The molecule has 168 valence electrons. The van der Waals surface area contributed by atoms with Gasteiger partial charge >= 0.3 is 0 Å². The molecule has 3 rings (SSSR count). The number of rotatable bonds is 8. The molecule has 1 amide bonds. The number of piperidine rings is 1. The number of anilines is 1. The van der Waals surface area contributed by atoms with Gasteiger partial charge in [0.25, 0.3) is 0 Å². The highest BCUT2D eigenvalue weighted by Gasteiger charge is 2.33. The van der Waals surface area contributed by atoms with Gasteiger partial charge in [0, 0.05) is 34.4 Å². The molecule has 0 aliphatic carbocycles. The summed E-state index contributed by atoms with van der Waals surface area (Å²) in [5, 5.41) is 3.58. The van der Waals surface area contributed by atoms with E-state index in [0.717, 1.165) is 24.9 Å². The minimum absolute atomic E-state index is 0.156. The molecule has 1 saturated heterocycles. The molecule has 1 aliphatic heterocycles. The quantitative estimate of drug-likeness (QED) is 0.538. The molecule has 31 heavy (non-hydrogen) atoms. The second-order valence-electron chi connectivity index (χ2n) is 7.94. The summed E-state index contributed by atoms with van der Waals surface area (Å²) >= 11 is 12.3. The molecular weight excluding hydrogens is 455 g/mol. The third-order valence-corrected chi connectivity index (χ3v) is 8.06. The molecule has 5 nitrogen and oxygen atoms in total. The minimum Gasteiger partial charge on any atom is -0.326 e. The highest BCUT2D eigenvalue weighted by atomic mass is 35.5. The van der Waals surface area contributed by atoms with Crippen LogP contribution in [-0.4, -0.2) is 31.7 Å². The van der Waals surface area contributed by atoms with Crippen LogP contribution in [-0.2, 0) is 27.0 Å². The number of nitrogens with zero attached hydrogens (tertiary/aromatic N) is 1. The molecule has 2 aromatic rings. The zero-order chi connectivity index (χ0) is 22.4. The second-order valence-corrected chi connectivity index (χ2v) is 10.7. The van der Waals surface area contributed by atoms with Crippen LogP contribution in [0.3, 0.4) is 0 Å². The number of amides is 1. The van der Waals surface area contributed by atoms with Gasteiger partial charge in [-0.3, -0.25) is 4.79 Å². The van der Waals surface area contributed by atoms with E-state index in [-0.39, 0.29) is 18.2 Å². The Morgan fingerprint density at radius 1 is 1.13 bits per heavy atom. The maximum absolute atomic E-state index is 13.0. The van der Waals surface area contributed by atoms with Gasteiger partial charge in [-0.05, 0) is 55.5 Å². The maximum atomic E-state index is 13.0. The maximum Gasteiger partial charge on any atom is 0.228 e. The van der Waals surface area contributed by atoms with E-state index in [9.17, 15) is 13.2 Å². The van der Waals surface area contributed by atoms with E-state index in [0.29, 0.717) is 35.0 Å². The number of unbranched alkanes of at least 4 members (excludes halogenated alkanes) is 1. The van der Waals surface area contributed by atoms with Crippen molar-refractivity contribution in [1.82, 2.24) is 4.31 Å². The predicted molar refractivity (Wildman–Crippen MR) is 127 cm³/mol. The smallest absolute Gasteiger partial charge is 0.228 e. The Balaban J connectivity index is 1.63. The largest absolute Gasteiger partial charge is 0.326 e. The summed E-state index contributed by atoms with van der Waals surface area (Å²) in [4.78, 5) is 12.8. The van der Waals surface area contributed by atoms with E-state index in [2.05, 4.69) is 12.2 Å². The van der Waals surface area contributed by atoms with Crippen LogP contribution >= 0.6 is 23.2 Å². The first-order valence-electron chi connectivity index (χ1n) is 10.6. The van der Waals surface area contributed by atoms with Crippen molar-refractivity contribution >= 4 is 44.8 Å². The van der Waals surface area contributed by atoms with Crippen molar-refractivity contribution in [2.24, 2.45) is 5.92 Å². The molecule has 1 aliphatic rings. The van der Waals surface area contributed by atoms with Crippen molar-refractivity contribution in [3.05, 3.63) is 63.6 Å². The summed E-state index contributed by atoms with van der Waals surface area (Å²) in [5.41, 5.74) is 2.36. The van der Waals surface area contributed by atoms with Crippen LogP contribution in [0, 0.1) is 5.92 Å². The van der Waals surface area contributed by atoms with Crippen LogP contribution < -0.4 is 5.32 Å². The van der Waals surface area contributed by atoms with Gasteiger partial charge in [0.2, 0.25) is 15.9 Å². The third-order valence-electron chi connectivity index (χ3n) is 5.58. The fraction of sp³-hybridized carbons (Fsp3) is 0.435. The lowest BCUT2D eigenvalue weighted by Gasteiger charge is -2.31. The highest BCUT2D eigenvalue weighted by Crippen LogP contribution is 2.29. The Hall–Kier alpha value is -1.60. The van der Waals surface area contributed by atoms with Gasteiger partial charge in [0.15, 0.2) is 0 Å². The standard InChI is InChI=1S/C23H28Cl2N2O3S/c1-2-3-6-17-10-12-19(13-11-17)26-23(28)18-7-5-14-27(15-18)31(29,30)16-20-21(24)8-4-9-22(20)25/h4,8-13,18H,2-3,5-7,14-16H2,1H3,(H,26,28)/t18-/m0/s1. The lowest BCUT2D eigenvalue weighted by Crippen LogP contribution is -2.44. The van der Waals surface area contributed by atoms with E-state index in [4.69, 9.17) is 23.2 Å². The molecule has 1 heterocycles. The van der Waals surface area contributed by atoms with Crippen molar-refractivity contribution in [3.8, 4) is 0 Å². The highest BCUT2D eigenvalue weighted by molar-refractivity contribution is 7.88. The number of benzene rings is 2. The molecule has 2 aromatic carbocycles. The molecule has 0 aromatic heterocycles. The van der Waals surface area contributed by atoms with Crippen LogP contribution in [0.25, 0.3) is 0 Å². The summed E-state index contributed by atoms with van der Waals surface area (Å²) in [7, 11) is -3.65. The van der Waals surface area contributed by atoms with Crippen molar-refractivity contribution < 1.29 is 13.2 Å². The number of nitrogens with one attached hydrogen (secondary N) is 1. The molecule has 1 N–H and O–H groups in total. The number of carbonyl (C=O) groups excluding carboxylic acids is 1. The molecule has 1 atom stereocenters. The Morgan fingerprint density at radius 2 is 1.81 bits per heavy atom. The number of hydrogen-bond acceptors (Lipinski definition) is 3.